The summed E-state index contributed by atoms with van der Waals surface area (Å²) in [4.78, 5) is 37.9. The summed E-state index contributed by atoms with van der Waals surface area (Å²) in [6.07, 6.45) is 4.77. The van der Waals surface area contributed by atoms with Crippen molar-refractivity contribution in [2.45, 2.75) is 50.3 Å². The van der Waals surface area contributed by atoms with Gasteiger partial charge in [0.25, 0.3) is 10.3 Å². The number of amides is 2. The molecule has 0 radical (unpaired) electrons. The number of rotatable bonds is 7. The van der Waals surface area contributed by atoms with Crippen molar-refractivity contribution in [3.05, 3.63) is 10.1 Å². The molecule has 1 aliphatic carbocycles. The maximum Gasteiger partial charge on any atom is 0.294 e. The van der Waals surface area contributed by atoms with Gasteiger partial charge in [-0.2, -0.15) is 0 Å². The van der Waals surface area contributed by atoms with Crippen LogP contribution in [0.3, 0.4) is 0 Å². The van der Waals surface area contributed by atoms with Crippen LogP contribution >= 0.6 is 11.8 Å². The lowest BCUT2D eigenvalue weighted by atomic mass is 9.81. The van der Waals surface area contributed by atoms with Gasteiger partial charge < -0.3 is 15.5 Å². The molecule has 9 heteroatoms. The Kier molecular flexibility index (Phi) is 6.49. The van der Waals surface area contributed by atoms with Gasteiger partial charge in [-0.25, -0.2) is 0 Å². The Morgan fingerprint density at radius 2 is 2.04 bits per heavy atom. The van der Waals surface area contributed by atoms with Crippen LogP contribution in [0.15, 0.2) is 0 Å². The Hall–Kier alpha value is -1.51. The molecule has 0 aromatic carbocycles. The third-order valence-electron chi connectivity index (χ3n) is 4.55. The second-order valence-corrected chi connectivity index (χ2v) is 7.57. The van der Waals surface area contributed by atoms with E-state index < -0.39 is 11.1 Å². The van der Waals surface area contributed by atoms with Gasteiger partial charge in [0.2, 0.25) is 5.91 Å². The summed E-state index contributed by atoms with van der Waals surface area (Å²) in [7, 11) is 0. The van der Waals surface area contributed by atoms with E-state index in [0.717, 1.165) is 43.9 Å². The van der Waals surface area contributed by atoms with Gasteiger partial charge >= 0.3 is 0 Å². The Labute approximate surface area is 139 Å². The highest BCUT2D eigenvalue weighted by atomic mass is 32.2. The zero-order chi connectivity index (χ0) is 16.8. The zero-order valence-corrected chi connectivity index (χ0v) is 14.0. The van der Waals surface area contributed by atoms with Gasteiger partial charge in [0.15, 0.2) is 0 Å². The SMILES string of the molecule is CC1SC(=O)NC1C(=O)NCCC1CCC(CO[N+](=O)[O-])CC1. The molecule has 1 heterocycles. The first-order chi connectivity index (χ1) is 11.0. The van der Waals surface area contributed by atoms with Gasteiger partial charge in [-0.15, -0.1) is 10.1 Å². The zero-order valence-electron chi connectivity index (χ0n) is 13.2. The van der Waals surface area contributed by atoms with Crippen LogP contribution in [0.4, 0.5) is 4.79 Å². The predicted octanol–water partition coefficient (Wildman–Crippen LogP) is 1.72. The van der Waals surface area contributed by atoms with Crippen LogP contribution in [0.5, 0.6) is 0 Å². The fourth-order valence-electron chi connectivity index (χ4n) is 3.16. The molecule has 0 spiro atoms. The van der Waals surface area contributed by atoms with Crippen molar-refractivity contribution < 1.29 is 19.5 Å². The molecule has 23 heavy (non-hydrogen) atoms. The molecule has 2 aliphatic rings. The van der Waals surface area contributed by atoms with Gasteiger partial charge in [0.1, 0.15) is 6.04 Å². The van der Waals surface area contributed by atoms with E-state index in [1.165, 1.54) is 0 Å². The highest BCUT2D eigenvalue weighted by Gasteiger charge is 2.35. The summed E-state index contributed by atoms with van der Waals surface area (Å²) >= 11 is 1.15. The molecule has 2 N–H and O–H groups in total. The fraction of sp³-hybridized carbons (Fsp3) is 0.857. The van der Waals surface area contributed by atoms with E-state index in [9.17, 15) is 19.7 Å². The highest BCUT2D eigenvalue weighted by Crippen LogP contribution is 2.30. The van der Waals surface area contributed by atoms with Gasteiger partial charge in [-0.1, -0.05) is 31.5 Å². The standard InChI is InChI=1S/C14H23N3O5S/c1-9-12(16-14(19)23-9)13(18)15-7-6-10-2-4-11(5-3-10)8-22-17(20)21/h9-12H,2-8H2,1H3,(H,15,18)(H,16,19). The summed E-state index contributed by atoms with van der Waals surface area (Å²) in [5, 5.41) is 14.8. The molecular formula is C14H23N3O5S. The summed E-state index contributed by atoms with van der Waals surface area (Å²) < 4.78 is 0. The Morgan fingerprint density at radius 1 is 1.39 bits per heavy atom. The fourth-order valence-corrected chi connectivity index (χ4v) is 4.02. The Bertz CT molecular complexity index is 454. The van der Waals surface area contributed by atoms with Gasteiger partial charge in [0, 0.05) is 11.8 Å². The molecule has 1 saturated heterocycles. The van der Waals surface area contributed by atoms with Crippen molar-refractivity contribution in [2.75, 3.05) is 13.2 Å². The summed E-state index contributed by atoms with van der Waals surface area (Å²) in [5.74, 6) is 0.675. The molecule has 130 valence electrons. The molecule has 2 atom stereocenters. The molecular weight excluding hydrogens is 322 g/mol. The van der Waals surface area contributed by atoms with Gasteiger partial charge in [-0.3, -0.25) is 9.59 Å². The minimum Gasteiger partial charge on any atom is -0.354 e. The van der Waals surface area contributed by atoms with Gasteiger partial charge in [0.05, 0.1) is 6.61 Å². The number of nitrogens with one attached hydrogen (secondary N) is 2. The van der Waals surface area contributed by atoms with Crippen LogP contribution in [0, 0.1) is 22.0 Å². The molecule has 2 rings (SSSR count). The lowest BCUT2D eigenvalue weighted by molar-refractivity contribution is -0.759. The molecule has 0 aromatic heterocycles. The van der Waals surface area contributed by atoms with E-state index in [4.69, 9.17) is 0 Å². The summed E-state index contributed by atoms with van der Waals surface area (Å²) in [6.45, 7) is 2.65. The third kappa shape index (κ3) is 5.56. The van der Waals surface area contributed by atoms with E-state index >= 15 is 0 Å². The van der Waals surface area contributed by atoms with Crippen LogP contribution in [-0.4, -0.2) is 40.7 Å². The minimum absolute atomic E-state index is 0.0421. The van der Waals surface area contributed by atoms with Crippen molar-refractivity contribution in [3.63, 3.8) is 0 Å². The maximum atomic E-state index is 12.0. The predicted molar refractivity (Wildman–Crippen MR) is 85.4 cm³/mol. The summed E-state index contributed by atoms with van der Waals surface area (Å²) in [6, 6.07) is -0.442. The number of nitrogens with zero attached hydrogens (tertiary/aromatic N) is 1. The lowest BCUT2D eigenvalue weighted by Gasteiger charge is -2.28. The van der Waals surface area contributed by atoms with Gasteiger partial charge in [-0.05, 0) is 31.1 Å². The first-order valence-electron chi connectivity index (χ1n) is 7.98. The first kappa shape index (κ1) is 17.8. The number of thioether (sulfide) groups is 1. The number of hydrogen-bond donors (Lipinski definition) is 2. The number of carbonyl (C=O) groups excluding carboxylic acids is 2. The van der Waals surface area contributed by atoms with Crippen LogP contribution in [0.25, 0.3) is 0 Å². The van der Waals surface area contributed by atoms with Crippen LogP contribution < -0.4 is 10.6 Å². The molecule has 0 bridgehead atoms. The Morgan fingerprint density at radius 3 is 2.61 bits per heavy atom. The van der Waals surface area contributed by atoms with E-state index in [0.29, 0.717) is 12.5 Å². The van der Waals surface area contributed by atoms with Crippen LogP contribution in [0.1, 0.15) is 39.0 Å². The van der Waals surface area contributed by atoms with Crippen molar-refractivity contribution in [2.24, 2.45) is 11.8 Å². The third-order valence-corrected chi connectivity index (χ3v) is 5.53. The molecule has 8 nitrogen and oxygen atoms in total. The lowest BCUT2D eigenvalue weighted by Crippen LogP contribution is -2.46. The second-order valence-electron chi connectivity index (χ2n) is 6.22. The summed E-state index contributed by atoms with van der Waals surface area (Å²) in [5.41, 5.74) is 0. The quantitative estimate of drug-likeness (QED) is 0.537. The smallest absolute Gasteiger partial charge is 0.294 e. The topological polar surface area (TPSA) is 111 Å². The molecule has 0 aromatic rings. The first-order valence-corrected chi connectivity index (χ1v) is 8.86. The molecule has 2 amide bonds. The van der Waals surface area contributed by atoms with Crippen molar-refractivity contribution >= 4 is 22.9 Å². The van der Waals surface area contributed by atoms with E-state index in [2.05, 4.69) is 15.5 Å². The van der Waals surface area contributed by atoms with E-state index in [1.807, 2.05) is 6.92 Å². The van der Waals surface area contributed by atoms with Crippen molar-refractivity contribution in [1.29, 1.82) is 0 Å². The number of carbonyl (C=O) groups is 2. The van der Waals surface area contributed by atoms with E-state index in [1.54, 1.807) is 0 Å². The van der Waals surface area contributed by atoms with Crippen molar-refractivity contribution in [1.82, 2.24) is 10.6 Å². The average molecular weight is 345 g/mol. The molecule has 2 unspecified atom stereocenters. The Balaban J connectivity index is 1.59. The normalized spacial score (nSPS) is 30.6. The average Bonchev–Trinajstić information content (AvgIpc) is 2.85. The minimum atomic E-state index is -0.733. The largest absolute Gasteiger partial charge is 0.354 e. The molecule has 1 saturated carbocycles. The highest BCUT2D eigenvalue weighted by molar-refractivity contribution is 8.14. The van der Waals surface area contributed by atoms with Crippen molar-refractivity contribution in [3.8, 4) is 0 Å². The van der Waals surface area contributed by atoms with E-state index in [-0.39, 0.29) is 28.9 Å². The van der Waals surface area contributed by atoms with Crippen LogP contribution in [-0.2, 0) is 9.63 Å². The monoisotopic (exact) mass is 345 g/mol. The molecule has 2 fully saturated rings. The van der Waals surface area contributed by atoms with Crippen LogP contribution in [0.2, 0.25) is 0 Å². The second kappa shape index (κ2) is 8.37. The maximum absolute atomic E-state index is 12.0. The number of hydrogen-bond acceptors (Lipinski definition) is 6. The molecule has 1 aliphatic heterocycles.